The van der Waals surface area contributed by atoms with Gasteiger partial charge in [-0.15, -0.1) is 0 Å². The van der Waals surface area contributed by atoms with Crippen LogP contribution < -0.4 is 0 Å². The summed E-state index contributed by atoms with van der Waals surface area (Å²) in [7, 11) is 0. The van der Waals surface area contributed by atoms with E-state index in [4.69, 9.17) is 10.4 Å². The molecule has 0 bridgehead atoms. The van der Waals surface area contributed by atoms with Gasteiger partial charge in [-0.3, -0.25) is 0 Å². The smallest absolute Gasteiger partial charge is 0.416 e. The van der Waals surface area contributed by atoms with Crippen LogP contribution in [0, 0.1) is 11.3 Å². The van der Waals surface area contributed by atoms with Crippen LogP contribution in [0.1, 0.15) is 21.5 Å². The van der Waals surface area contributed by atoms with Gasteiger partial charge in [-0.2, -0.15) is 18.4 Å². The average molecular weight is 215 g/mol. The molecule has 0 unspecified atom stereocenters. The van der Waals surface area contributed by atoms with Crippen molar-refractivity contribution in [3.05, 3.63) is 34.9 Å². The largest absolute Gasteiger partial charge is 0.478 e. The van der Waals surface area contributed by atoms with Crippen molar-refractivity contribution in [2.24, 2.45) is 0 Å². The summed E-state index contributed by atoms with van der Waals surface area (Å²) in [5.74, 6) is -1.56. The van der Waals surface area contributed by atoms with E-state index in [0.717, 1.165) is 6.07 Å². The number of halogens is 3. The molecule has 6 heteroatoms. The number of benzene rings is 1. The van der Waals surface area contributed by atoms with Crippen LogP contribution in [0.4, 0.5) is 13.2 Å². The van der Waals surface area contributed by atoms with Gasteiger partial charge >= 0.3 is 12.1 Å². The SMILES string of the molecule is N#Cc1ccc(C(F)(F)F)cc1C(=O)O. The van der Waals surface area contributed by atoms with Crippen LogP contribution in [-0.2, 0) is 6.18 Å². The van der Waals surface area contributed by atoms with Crippen LogP contribution in [0.3, 0.4) is 0 Å². The van der Waals surface area contributed by atoms with E-state index in [1.54, 1.807) is 0 Å². The zero-order valence-electron chi connectivity index (χ0n) is 7.17. The van der Waals surface area contributed by atoms with Gasteiger partial charge in [0.2, 0.25) is 0 Å². The highest BCUT2D eigenvalue weighted by molar-refractivity contribution is 5.90. The second kappa shape index (κ2) is 3.61. The third-order valence-corrected chi connectivity index (χ3v) is 1.70. The van der Waals surface area contributed by atoms with Crippen LogP contribution in [0.25, 0.3) is 0 Å². The maximum Gasteiger partial charge on any atom is 0.416 e. The first-order chi connectivity index (χ1) is 6.86. The van der Waals surface area contributed by atoms with E-state index in [0.29, 0.717) is 12.1 Å². The number of rotatable bonds is 1. The first-order valence-corrected chi connectivity index (χ1v) is 3.71. The first-order valence-electron chi connectivity index (χ1n) is 3.71. The lowest BCUT2D eigenvalue weighted by Gasteiger charge is -2.07. The van der Waals surface area contributed by atoms with Gasteiger partial charge in [0.05, 0.1) is 16.7 Å². The molecular weight excluding hydrogens is 211 g/mol. The van der Waals surface area contributed by atoms with Gasteiger partial charge in [0, 0.05) is 0 Å². The molecule has 0 aliphatic carbocycles. The van der Waals surface area contributed by atoms with Crippen molar-refractivity contribution in [1.82, 2.24) is 0 Å². The third kappa shape index (κ3) is 2.26. The van der Waals surface area contributed by atoms with Crippen LogP contribution in [0.2, 0.25) is 0 Å². The minimum atomic E-state index is -4.61. The van der Waals surface area contributed by atoms with Gasteiger partial charge in [0.25, 0.3) is 0 Å². The summed E-state index contributed by atoms with van der Waals surface area (Å²) in [6, 6.07) is 3.46. The van der Waals surface area contributed by atoms with Gasteiger partial charge in [0.15, 0.2) is 0 Å². The summed E-state index contributed by atoms with van der Waals surface area (Å²) in [6.07, 6.45) is -4.61. The zero-order chi connectivity index (χ0) is 11.6. The van der Waals surface area contributed by atoms with Gasteiger partial charge in [-0.25, -0.2) is 4.79 Å². The predicted molar refractivity (Wildman–Crippen MR) is 43.1 cm³/mol. The molecule has 1 N–H and O–H groups in total. The zero-order valence-corrected chi connectivity index (χ0v) is 7.17. The minimum Gasteiger partial charge on any atom is -0.478 e. The number of aromatic carboxylic acids is 1. The number of alkyl halides is 3. The van der Waals surface area contributed by atoms with Gasteiger partial charge < -0.3 is 5.11 Å². The van der Waals surface area contributed by atoms with Crippen molar-refractivity contribution < 1.29 is 23.1 Å². The van der Waals surface area contributed by atoms with Crippen LogP contribution >= 0.6 is 0 Å². The Balaban J connectivity index is 3.37. The Morgan fingerprint density at radius 3 is 2.40 bits per heavy atom. The summed E-state index contributed by atoms with van der Waals surface area (Å²) >= 11 is 0. The molecule has 0 aliphatic rings. The number of nitriles is 1. The molecule has 0 saturated heterocycles. The Labute approximate surface area is 82.4 Å². The lowest BCUT2D eigenvalue weighted by molar-refractivity contribution is -0.137. The van der Waals surface area contributed by atoms with E-state index < -0.39 is 23.3 Å². The minimum absolute atomic E-state index is 0.296. The maximum atomic E-state index is 12.2. The second-order valence-electron chi connectivity index (χ2n) is 2.68. The summed E-state index contributed by atoms with van der Waals surface area (Å²) in [6.45, 7) is 0. The highest BCUT2D eigenvalue weighted by Gasteiger charge is 2.31. The van der Waals surface area contributed by atoms with Crippen molar-refractivity contribution in [2.45, 2.75) is 6.18 Å². The molecule has 0 aliphatic heterocycles. The van der Waals surface area contributed by atoms with Crippen molar-refractivity contribution in [2.75, 3.05) is 0 Å². The van der Waals surface area contributed by atoms with Gasteiger partial charge in [-0.1, -0.05) is 0 Å². The summed E-state index contributed by atoms with van der Waals surface area (Å²) in [5.41, 5.74) is -2.03. The first kappa shape index (κ1) is 11.0. The molecule has 0 saturated carbocycles. The average Bonchev–Trinajstić information content (AvgIpc) is 2.15. The highest BCUT2D eigenvalue weighted by Crippen LogP contribution is 2.30. The Morgan fingerprint density at radius 2 is 2.00 bits per heavy atom. The monoisotopic (exact) mass is 215 g/mol. The highest BCUT2D eigenvalue weighted by atomic mass is 19.4. The molecule has 1 aromatic carbocycles. The fourth-order valence-corrected chi connectivity index (χ4v) is 0.995. The molecule has 0 amide bonds. The summed E-state index contributed by atoms with van der Waals surface area (Å²) < 4.78 is 36.6. The molecule has 0 fully saturated rings. The predicted octanol–water partition coefficient (Wildman–Crippen LogP) is 2.28. The van der Waals surface area contributed by atoms with E-state index in [1.807, 2.05) is 0 Å². The van der Waals surface area contributed by atoms with Crippen molar-refractivity contribution in [3.63, 3.8) is 0 Å². The normalized spacial score (nSPS) is 10.8. The molecular formula is C9H4F3NO2. The van der Waals surface area contributed by atoms with Gasteiger partial charge in [-0.05, 0) is 18.2 Å². The summed E-state index contributed by atoms with van der Waals surface area (Å²) in [4.78, 5) is 10.5. The third-order valence-electron chi connectivity index (χ3n) is 1.70. The van der Waals surface area contributed by atoms with E-state index in [9.17, 15) is 18.0 Å². The van der Waals surface area contributed by atoms with E-state index >= 15 is 0 Å². The Bertz CT molecular complexity index is 446. The Kier molecular flexibility index (Phi) is 2.66. The van der Waals surface area contributed by atoms with E-state index in [-0.39, 0.29) is 5.56 Å². The van der Waals surface area contributed by atoms with Crippen LogP contribution in [0.5, 0.6) is 0 Å². The number of hydrogen-bond acceptors (Lipinski definition) is 2. The van der Waals surface area contributed by atoms with Crippen molar-refractivity contribution in [1.29, 1.82) is 5.26 Å². The molecule has 0 atom stereocenters. The number of carbonyl (C=O) groups is 1. The molecule has 0 spiro atoms. The van der Waals surface area contributed by atoms with Crippen LogP contribution in [-0.4, -0.2) is 11.1 Å². The quantitative estimate of drug-likeness (QED) is 0.781. The van der Waals surface area contributed by atoms with E-state index in [2.05, 4.69) is 0 Å². The Hall–Kier alpha value is -2.03. The molecule has 1 aromatic rings. The molecule has 0 heterocycles. The summed E-state index contributed by atoms with van der Waals surface area (Å²) in [5, 5.41) is 17.0. The molecule has 78 valence electrons. The fraction of sp³-hybridized carbons (Fsp3) is 0.111. The second-order valence-corrected chi connectivity index (χ2v) is 2.68. The molecule has 0 radical (unpaired) electrons. The van der Waals surface area contributed by atoms with Crippen LogP contribution in [0.15, 0.2) is 18.2 Å². The lowest BCUT2D eigenvalue weighted by Crippen LogP contribution is -2.08. The number of carboxylic acids is 1. The Morgan fingerprint density at radius 1 is 1.40 bits per heavy atom. The number of hydrogen-bond donors (Lipinski definition) is 1. The maximum absolute atomic E-state index is 12.2. The lowest BCUT2D eigenvalue weighted by atomic mass is 10.0. The number of carboxylic acid groups (broad SMARTS) is 1. The van der Waals surface area contributed by atoms with E-state index in [1.165, 1.54) is 6.07 Å². The van der Waals surface area contributed by atoms with Crippen molar-refractivity contribution in [3.8, 4) is 6.07 Å². The molecule has 1 rings (SSSR count). The fourth-order valence-electron chi connectivity index (χ4n) is 0.995. The molecule has 15 heavy (non-hydrogen) atoms. The standard InChI is InChI=1S/C9H4F3NO2/c10-9(11,12)6-2-1-5(4-13)7(3-6)8(14)15/h1-3H,(H,14,15). The number of nitrogens with zero attached hydrogens (tertiary/aromatic N) is 1. The topological polar surface area (TPSA) is 61.1 Å². The molecule has 3 nitrogen and oxygen atoms in total. The van der Waals surface area contributed by atoms with Crippen molar-refractivity contribution >= 4 is 5.97 Å². The van der Waals surface area contributed by atoms with Gasteiger partial charge in [0.1, 0.15) is 6.07 Å². The molecule has 0 aromatic heterocycles.